The Kier molecular flexibility index (Phi) is 5.79. The van der Waals surface area contributed by atoms with E-state index in [4.69, 9.17) is 20.0 Å². The maximum atomic E-state index is 7.46. The van der Waals surface area contributed by atoms with Crippen LogP contribution in [0.4, 0.5) is 0 Å². The SMILES string of the molecule is C[Si](C)(C)[C]1=C(c2ccccc2)C(c2ccccc2)=[C]([Si](C)(C)C)[Ge]1([Cl])[Cl]. The predicted molar refractivity (Wildman–Crippen MR) is 131 cm³/mol. The molecule has 0 nitrogen and oxygen atoms in total. The number of allylic oxidation sites excluding steroid dienone is 2. The molecular weight excluding hydrogens is 464 g/mol. The molecule has 0 atom stereocenters. The summed E-state index contributed by atoms with van der Waals surface area (Å²) in [6.45, 7) is 14.4. The summed E-state index contributed by atoms with van der Waals surface area (Å²) in [6, 6.07) is 21.5. The quantitative estimate of drug-likeness (QED) is 0.385. The van der Waals surface area contributed by atoms with Crippen molar-refractivity contribution in [2.24, 2.45) is 0 Å². The summed E-state index contributed by atoms with van der Waals surface area (Å²) in [4.78, 5) is 0. The van der Waals surface area contributed by atoms with Gasteiger partial charge in [0.1, 0.15) is 0 Å². The molecule has 1 heterocycles. The van der Waals surface area contributed by atoms with E-state index >= 15 is 0 Å². The van der Waals surface area contributed by atoms with Gasteiger partial charge in [0, 0.05) is 0 Å². The minimum absolute atomic E-state index is 1.26. The van der Waals surface area contributed by atoms with Crippen molar-refractivity contribution in [1.82, 2.24) is 0 Å². The van der Waals surface area contributed by atoms with Crippen LogP contribution in [0.15, 0.2) is 68.7 Å². The molecule has 0 aliphatic carbocycles. The average Bonchev–Trinajstić information content (AvgIpc) is 2.84. The number of hydrogen-bond acceptors (Lipinski definition) is 0. The first-order chi connectivity index (χ1) is 12.5. The first-order valence-corrected chi connectivity index (χ1v) is 24.1. The number of hydrogen-bond donors (Lipinski definition) is 0. The van der Waals surface area contributed by atoms with Crippen LogP contribution < -0.4 is 0 Å². The Labute approximate surface area is 177 Å². The van der Waals surface area contributed by atoms with E-state index in [1.165, 1.54) is 30.3 Å². The molecule has 0 fully saturated rings. The molecule has 0 spiro atoms. The van der Waals surface area contributed by atoms with Crippen LogP contribution in [0.5, 0.6) is 0 Å². The third kappa shape index (κ3) is 3.97. The molecule has 2 aromatic rings. The van der Waals surface area contributed by atoms with Crippen LogP contribution in [0.3, 0.4) is 0 Å². The number of halogens is 2. The Morgan fingerprint density at radius 3 is 1.11 bits per heavy atom. The molecule has 0 unspecified atom stereocenters. The van der Waals surface area contributed by atoms with Crippen molar-refractivity contribution in [1.29, 1.82) is 0 Å². The van der Waals surface area contributed by atoms with Crippen molar-refractivity contribution in [2.45, 2.75) is 39.3 Å². The fourth-order valence-corrected chi connectivity index (χ4v) is 44.5. The predicted octanol–water partition coefficient (Wildman–Crippen LogP) is 7.66. The summed E-state index contributed by atoms with van der Waals surface area (Å²) in [5.74, 6) is 0. The minimum atomic E-state index is -3.37. The average molecular weight is 492 g/mol. The Morgan fingerprint density at radius 2 is 0.852 bits per heavy atom. The zero-order chi connectivity index (χ0) is 20.0. The second-order valence-corrected chi connectivity index (χ2v) is 32.8. The Balaban J connectivity index is 2.48. The van der Waals surface area contributed by atoms with Crippen LogP contribution in [-0.4, -0.2) is 27.6 Å². The molecule has 0 aromatic heterocycles. The topological polar surface area (TPSA) is 0 Å². The molecule has 27 heavy (non-hydrogen) atoms. The molecule has 0 N–H and O–H groups in total. The van der Waals surface area contributed by atoms with E-state index in [-0.39, 0.29) is 0 Å². The number of rotatable bonds is 4. The van der Waals surface area contributed by atoms with Crippen molar-refractivity contribution in [3.63, 3.8) is 0 Å². The van der Waals surface area contributed by atoms with Crippen LogP contribution >= 0.6 is 20.0 Å². The molecule has 0 saturated carbocycles. The summed E-state index contributed by atoms with van der Waals surface area (Å²) < 4.78 is 2.88. The molecule has 2 aromatic carbocycles. The molecule has 1 aliphatic heterocycles. The zero-order valence-corrected chi connectivity index (χ0v) is 22.6. The first kappa shape index (κ1) is 21.2. The zero-order valence-electron chi connectivity index (χ0n) is 17.0. The van der Waals surface area contributed by atoms with E-state index in [0.29, 0.717) is 0 Å². The van der Waals surface area contributed by atoms with Crippen LogP contribution in [0.2, 0.25) is 39.3 Å². The maximum absolute atomic E-state index is 7.46. The molecule has 1 aliphatic rings. The monoisotopic (exact) mass is 492 g/mol. The molecule has 142 valence electrons. The van der Waals surface area contributed by atoms with Crippen LogP contribution in [0.25, 0.3) is 11.1 Å². The van der Waals surface area contributed by atoms with Crippen LogP contribution in [0, 0.1) is 0 Å². The molecular formula is C22H28Cl2GeSi2. The van der Waals surface area contributed by atoms with Crippen molar-refractivity contribution in [2.75, 3.05) is 0 Å². The van der Waals surface area contributed by atoms with Crippen molar-refractivity contribution in [3.8, 4) is 0 Å². The standard InChI is InChI=1S/C22H28Cl2GeSi2/c1-26(2,3)21-19(17-13-9-7-10-14-17)20(18-15-11-8-12-16-18)22(25(21,23)24)27(4,5)6/h7-16H,1-6H3. The Bertz CT molecular complexity index is 827. The van der Waals surface area contributed by atoms with Gasteiger partial charge in [-0.25, -0.2) is 0 Å². The van der Waals surface area contributed by atoms with Gasteiger partial charge in [-0.1, -0.05) is 0 Å². The second kappa shape index (κ2) is 7.38. The number of benzene rings is 2. The van der Waals surface area contributed by atoms with E-state index in [1.807, 2.05) is 0 Å². The molecule has 5 heteroatoms. The van der Waals surface area contributed by atoms with Gasteiger partial charge < -0.3 is 0 Å². The third-order valence-corrected chi connectivity index (χ3v) is 32.7. The van der Waals surface area contributed by atoms with Gasteiger partial charge in [-0.2, -0.15) is 0 Å². The summed E-state index contributed by atoms with van der Waals surface area (Å²) in [5, 5.41) is 0. The van der Waals surface area contributed by atoms with E-state index in [0.717, 1.165) is 0 Å². The molecule has 0 radical (unpaired) electrons. The van der Waals surface area contributed by atoms with Crippen molar-refractivity contribution < 1.29 is 0 Å². The van der Waals surface area contributed by atoms with Gasteiger partial charge in [0.15, 0.2) is 0 Å². The summed E-state index contributed by atoms with van der Waals surface area (Å²) in [6.07, 6.45) is 0. The first-order valence-electron chi connectivity index (χ1n) is 9.45. The second-order valence-electron chi connectivity index (χ2n) is 9.31. The Morgan fingerprint density at radius 1 is 0.556 bits per heavy atom. The third-order valence-electron chi connectivity index (χ3n) is 5.00. The summed E-state index contributed by atoms with van der Waals surface area (Å²) >= 11 is -3.37. The fourth-order valence-electron chi connectivity index (χ4n) is 4.17. The van der Waals surface area contributed by atoms with Gasteiger partial charge in [-0.3, -0.25) is 0 Å². The van der Waals surface area contributed by atoms with Gasteiger partial charge in [0.25, 0.3) is 0 Å². The van der Waals surface area contributed by atoms with Crippen LogP contribution in [0.1, 0.15) is 11.1 Å². The molecule has 0 saturated heterocycles. The van der Waals surface area contributed by atoms with E-state index in [9.17, 15) is 0 Å². The normalized spacial score (nSPS) is 17.6. The van der Waals surface area contributed by atoms with Crippen molar-refractivity contribution >= 4 is 58.7 Å². The summed E-state index contributed by atoms with van der Waals surface area (Å²) in [7, 11) is 11.5. The van der Waals surface area contributed by atoms with Crippen LogP contribution in [-0.2, 0) is 0 Å². The van der Waals surface area contributed by atoms with Gasteiger partial charge in [-0.15, -0.1) is 0 Å². The van der Waals surface area contributed by atoms with Gasteiger partial charge >= 0.3 is 178 Å². The molecule has 0 bridgehead atoms. The molecule has 3 rings (SSSR count). The molecule has 0 amide bonds. The van der Waals surface area contributed by atoms with Crippen molar-refractivity contribution in [3.05, 3.63) is 79.8 Å². The van der Waals surface area contributed by atoms with E-state index < -0.39 is 27.6 Å². The van der Waals surface area contributed by atoms with Gasteiger partial charge in [0.2, 0.25) is 0 Å². The summed E-state index contributed by atoms with van der Waals surface area (Å²) in [5.41, 5.74) is 5.23. The van der Waals surface area contributed by atoms with Gasteiger partial charge in [-0.05, 0) is 0 Å². The van der Waals surface area contributed by atoms with E-state index in [1.54, 1.807) is 0 Å². The van der Waals surface area contributed by atoms with Gasteiger partial charge in [0.05, 0.1) is 0 Å². The van der Waals surface area contributed by atoms with E-state index in [2.05, 4.69) is 99.9 Å². The Hall–Kier alpha value is -0.523. The fraction of sp³-hybridized carbons (Fsp3) is 0.273.